The summed E-state index contributed by atoms with van der Waals surface area (Å²) in [5.74, 6) is 6.21. The second-order valence-corrected chi connectivity index (χ2v) is 8.91. The van der Waals surface area contributed by atoms with E-state index in [4.69, 9.17) is 14.5 Å². The summed E-state index contributed by atoms with van der Waals surface area (Å²) in [6.45, 7) is 2.19. The summed E-state index contributed by atoms with van der Waals surface area (Å²) < 4.78 is 12.4. The maximum absolute atomic E-state index is 13.3. The van der Waals surface area contributed by atoms with Crippen LogP contribution in [0.4, 0.5) is 0 Å². The van der Waals surface area contributed by atoms with Crippen molar-refractivity contribution in [3.05, 3.63) is 93.3 Å². The Hall–Kier alpha value is -4.41. The van der Waals surface area contributed by atoms with E-state index in [0.717, 1.165) is 27.8 Å². The quantitative estimate of drug-likeness (QED) is 0.315. The van der Waals surface area contributed by atoms with Crippen molar-refractivity contribution in [3.63, 3.8) is 0 Å². The van der Waals surface area contributed by atoms with E-state index in [0.29, 0.717) is 29.1 Å². The molecule has 2 aliphatic rings. The summed E-state index contributed by atoms with van der Waals surface area (Å²) in [7, 11) is 0. The number of hydrogen-bond donors (Lipinski definition) is 1. The predicted molar refractivity (Wildman–Crippen MR) is 133 cm³/mol. The van der Waals surface area contributed by atoms with Gasteiger partial charge >= 0.3 is 5.97 Å². The Balaban J connectivity index is 1.34. The lowest BCUT2D eigenvalue weighted by Crippen LogP contribution is -2.44. The highest BCUT2D eigenvalue weighted by Crippen LogP contribution is 2.38. The Morgan fingerprint density at radius 2 is 1.97 bits per heavy atom. The van der Waals surface area contributed by atoms with Crippen molar-refractivity contribution in [2.75, 3.05) is 6.61 Å². The number of esters is 1. The van der Waals surface area contributed by atoms with Crippen molar-refractivity contribution in [2.45, 2.75) is 32.1 Å². The number of aliphatic hydroxyl groups is 1. The number of pyridine rings is 2. The van der Waals surface area contributed by atoms with E-state index in [9.17, 15) is 14.7 Å². The van der Waals surface area contributed by atoms with Gasteiger partial charge in [-0.1, -0.05) is 37.0 Å². The van der Waals surface area contributed by atoms with Gasteiger partial charge in [0.25, 0.3) is 5.56 Å². The lowest BCUT2D eigenvalue weighted by Gasteiger charge is -2.31. The van der Waals surface area contributed by atoms with Crippen LogP contribution < -0.4 is 10.3 Å². The van der Waals surface area contributed by atoms with Crippen LogP contribution in [-0.4, -0.2) is 27.2 Å². The SMILES string of the molecule is CC[C@@]1(O)C(=O)OCc2c1cc1n(c2=O)Cc2cc3cc(C#CCOc4ccccc4)ccc3nc2-1. The molecule has 0 unspecified atom stereocenters. The molecule has 0 fully saturated rings. The van der Waals surface area contributed by atoms with E-state index in [1.807, 2.05) is 54.6 Å². The molecule has 4 aromatic rings. The van der Waals surface area contributed by atoms with Gasteiger partial charge in [-0.15, -0.1) is 0 Å². The normalized spacial score (nSPS) is 17.4. The molecule has 7 nitrogen and oxygen atoms in total. The van der Waals surface area contributed by atoms with Crippen molar-refractivity contribution in [1.82, 2.24) is 9.55 Å². The van der Waals surface area contributed by atoms with Crippen LogP contribution in [0.5, 0.6) is 5.75 Å². The molecule has 2 aliphatic heterocycles. The summed E-state index contributed by atoms with van der Waals surface area (Å²) in [5.41, 5.74) is 2.30. The number of carbonyl (C=O) groups excluding carboxylic acids is 1. The van der Waals surface area contributed by atoms with Gasteiger partial charge in [0.15, 0.2) is 5.60 Å². The minimum absolute atomic E-state index is 0.111. The summed E-state index contributed by atoms with van der Waals surface area (Å²) in [6.07, 6.45) is 0.111. The number of carbonyl (C=O) groups is 1. The molecule has 2 aromatic carbocycles. The van der Waals surface area contributed by atoms with Gasteiger partial charge in [-0.3, -0.25) is 4.79 Å². The molecule has 1 atom stereocenters. The maximum Gasteiger partial charge on any atom is 0.343 e. The zero-order valence-electron chi connectivity index (χ0n) is 19.6. The van der Waals surface area contributed by atoms with Gasteiger partial charge in [-0.25, -0.2) is 9.78 Å². The Bertz CT molecular complexity index is 1660. The van der Waals surface area contributed by atoms with E-state index in [-0.39, 0.29) is 25.2 Å². The van der Waals surface area contributed by atoms with E-state index in [2.05, 4.69) is 11.8 Å². The molecule has 178 valence electrons. The number of aromatic nitrogens is 2. The molecule has 6 rings (SSSR count). The Kier molecular flexibility index (Phi) is 5.13. The first kappa shape index (κ1) is 22.1. The monoisotopic (exact) mass is 478 g/mol. The topological polar surface area (TPSA) is 90.7 Å². The van der Waals surface area contributed by atoms with Crippen LogP contribution in [0.15, 0.2) is 65.5 Å². The fraction of sp³-hybridized carbons (Fsp3) is 0.207. The highest BCUT2D eigenvalue weighted by molar-refractivity contribution is 5.87. The number of nitrogens with zero attached hydrogens (tertiary/aromatic N) is 2. The minimum Gasteiger partial charge on any atom is -0.481 e. The number of benzene rings is 2. The third kappa shape index (κ3) is 3.46. The Morgan fingerprint density at radius 1 is 1.14 bits per heavy atom. The molecule has 7 heteroatoms. The molecular weight excluding hydrogens is 456 g/mol. The number of ether oxygens (including phenoxy) is 2. The molecule has 0 bridgehead atoms. The van der Waals surface area contributed by atoms with Gasteiger partial charge in [-0.05, 0) is 48.9 Å². The predicted octanol–water partition coefficient (Wildman–Crippen LogP) is 3.51. The van der Waals surface area contributed by atoms with Crippen molar-refractivity contribution < 1.29 is 19.4 Å². The van der Waals surface area contributed by atoms with Crippen LogP contribution in [0, 0.1) is 11.8 Å². The second kappa shape index (κ2) is 8.36. The first-order chi connectivity index (χ1) is 17.5. The minimum atomic E-state index is -1.83. The number of fused-ring (bicyclic) bond motifs is 5. The van der Waals surface area contributed by atoms with Crippen LogP contribution in [0.25, 0.3) is 22.3 Å². The van der Waals surface area contributed by atoms with Gasteiger partial charge < -0.3 is 19.1 Å². The fourth-order valence-corrected chi connectivity index (χ4v) is 4.84. The van der Waals surface area contributed by atoms with Crippen molar-refractivity contribution in [1.29, 1.82) is 0 Å². The van der Waals surface area contributed by atoms with Crippen molar-refractivity contribution >= 4 is 16.9 Å². The third-order valence-electron chi connectivity index (χ3n) is 6.79. The molecule has 0 radical (unpaired) electrons. The molecule has 0 saturated carbocycles. The lowest BCUT2D eigenvalue weighted by atomic mass is 9.86. The molecule has 1 N–H and O–H groups in total. The Morgan fingerprint density at radius 3 is 2.78 bits per heavy atom. The highest BCUT2D eigenvalue weighted by Gasteiger charge is 2.45. The van der Waals surface area contributed by atoms with Gasteiger partial charge in [0.1, 0.15) is 19.0 Å². The van der Waals surface area contributed by atoms with Crippen LogP contribution in [0.1, 0.15) is 35.6 Å². The molecule has 36 heavy (non-hydrogen) atoms. The lowest BCUT2D eigenvalue weighted by molar-refractivity contribution is -0.172. The van der Waals surface area contributed by atoms with E-state index in [1.54, 1.807) is 17.6 Å². The molecule has 0 amide bonds. The van der Waals surface area contributed by atoms with Crippen molar-refractivity contribution in [2.24, 2.45) is 0 Å². The summed E-state index contributed by atoms with van der Waals surface area (Å²) >= 11 is 0. The summed E-state index contributed by atoms with van der Waals surface area (Å²) in [5, 5.41) is 11.9. The van der Waals surface area contributed by atoms with E-state index < -0.39 is 11.6 Å². The third-order valence-corrected chi connectivity index (χ3v) is 6.79. The smallest absolute Gasteiger partial charge is 0.343 e. The second-order valence-electron chi connectivity index (χ2n) is 8.91. The summed E-state index contributed by atoms with van der Waals surface area (Å²) in [4.78, 5) is 30.4. The van der Waals surface area contributed by atoms with Gasteiger partial charge in [-0.2, -0.15) is 0 Å². The number of para-hydroxylation sites is 1. The van der Waals surface area contributed by atoms with Gasteiger partial charge in [0.05, 0.1) is 29.0 Å². The van der Waals surface area contributed by atoms with Crippen LogP contribution >= 0.6 is 0 Å². The summed E-state index contributed by atoms with van der Waals surface area (Å²) in [6, 6.07) is 19.0. The number of rotatable bonds is 3. The average molecular weight is 479 g/mol. The van der Waals surface area contributed by atoms with Crippen molar-refractivity contribution in [3.8, 4) is 29.0 Å². The molecule has 0 saturated heterocycles. The fourth-order valence-electron chi connectivity index (χ4n) is 4.84. The zero-order chi connectivity index (χ0) is 24.9. The van der Waals surface area contributed by atoms with Gasteiger partial charge in [0.2, 0.25) is 0 Å². The van der Waals surface area contributed by atoms with E-state index in [1.165, 1.54) is 0 Å². The number of hydrogen-bond acceptors (Lipinski definition) is 6. The molecule has 2 aromatic heterocycles. The molecule has 4 heterocycles. The Labute approximate surface area is 206 Å². The first-order valence-corrected chi connectivity index (χ1v) is 11.8. The zero-order valence-corrected chi connectivity index (χ0v) is 19.6. The van der Waals surface area contributed by atoms with Crippen LogP contribution in [-0.2, 0) is 28.3 Å². The van der Waals surface area contributed by atoms with E-state index >= 15 is 0 Å². The molecular formula is C29H22N2O5. The van der Waals surface area contributed by atoms with Gasteiger partial charge in [0, 0.05) is 22.1 Å². The first-order valence-electron chi connectivity index (χ1n) is 11.8. The maximum atomic E-state index is 13.3. The van der Waals surface area contributed by atoms with Crippen LogP contribution in [0.3, 0.4) is 0 Å². The molecule has 0 spiro atoms. The standard InChI is InChI=1S/C29H22N2O5/c1-2-29(34)23-15-25-26-20(16-31(25)27(32)22(23)17-36-28(29)33)14-19-13-18(10-11-24(19)30-26)7-6-12-35-21-8-4-3-5-9-21/h3-5,8-11,13-15,34H,2,12,16-17H2,1H3/t29-/m0/s1. The molecule has 0 aliphatic carbocycles. The van der Waals surface area contributed by atoms with Crippen LogP contribution in [0.2, 0.25) is 0 Å². The highest BCUT2D eigenvalue weighted by atomic mass is 16.6. The average Bonchev–Trinajstić information content (AvgIpc) is 3.26. The number of cyclic esters (lactones) is 1. The largest absolute Gasteiger partial charge is 0.481 e.